The van der Waals surface area contributed by atoms with Crippen LogP contribution in [0.5, 0.6) is 0 Å². The average Bonchev–Trinajstić information content (AvgIpc) is 2.59. The molecule has 0 aliphatic heterocycles. The fourth-order valence-electron chi connectivity index (χ4n) is 1.31. The second kappa shape index (κ2) is 6.36. The summed E-state index contributed by atoms with van der Waals surface area (Å²) in [7, 11) is 0. The molecule has 0 bridgehead atoms. The van der Waals surface area contributed by atoms with E-state index in [1.807, 2.05) is 11.4 Å². The summed E-state index contributed by atoms with van der Waals surface area (Å²) in [6.45, 7) is 2.18. The molecule has 0 unspecified atom stereocenters. The number of carbonyl (C=O) groups is 1. The monoisotopic (exact) mass is 274 g/mol. The number of ketones is 1. The van der Waals surface area contributed by atoms with E-state index in [0.29, 0.717) is 6.42 Å². The number of thiophene rings is 1. The van der Waals surface area contributed by atoms with Crippen LogP contribution in [0.3, 0.4) is 0 Å². The number of hydrogen-bond donors (Lipinski definition) is 0. The summed E-state index contributed by atoms with van der Waals surface area (Å²) in [5.74, 6) is 0.281. The quantitative estimate of drug-likeness (QED) is 0.545. The van der Waals surface area contributed by atoms with Gasteiger partial charge >= 0.3 is 0 Å². The molecule has 78 valence electrons. The number of rotatable bonds is 6. The molecule has 1 rings (SSSR count). The molecule has 0 spiro atoms. The summed E-state index contributed by atoms with van der Waals surface area (Å²) in [6, 6.07) is 1.91. The van der Waals surface area contributed by atoms with Crippen molar-refractivity contribution in [3.63, 3.8) is 0 Å². The largest absolute Gasteiger partial charge is 0.294 e. The van der Waals surface area contributed by atoms with Crippen molar-refractivity contribution in [3.8, 4) is 0 Å². The van der Waals surface area contributed by atoms with Crippen molar-refractivity contribution in [1.29, 1.82) is 0 Å². The zero-order valence-corrected chi connectivity index (χ0v) is 10.8. The molecule has 0 atom stereocenters. The van der Waals surface area contributed by atoms with Crippen LogP contribution in [0.25, 0.3) is 0 Å². The molecule has 1 aromatic heterocycles. The van der Waals surface area contributed by atoms with E-state index in [1.165, 1.54) is 19.3 Å². The molecule has 0 saturated heterocycles. The van der Waals surface area contributed by atoms with E-state index in [2.05, 4.69) is 22.9 Å². The van der Waals surface area contributed by atoms with Gasteiger partial charge in [-0.1, -0.05) is 26.2 Å². The minimum absolute atomic E-state index is 0.281. The van der Waals surface area contributed by atoms with Gasteiger partial charge in [0.1, 0.15) is 0 Å². The van der Waals surface area contributed by atoms with Gasteiger partial charge in [-0.05, 0) is 28.4 Å². The summed E-state index contributed by atoms with van der Waals surface area (Å²) in [5, 5.41) is 1.92. The molecule has 1 nitrogen and oxygen atoms in total. The first kappa shape index (κ1) is 11.9. The molecule has 0 aliphatic rings. The first-order valence-electron chi connectivity index (χ1n) is 5.01. The van der Waals surface area contributed by atoms with Crippen LogP contribution < -0.4 is 0 Å². The van der Waals surface area contributed by atoms with Gasteiger partial charge in [0, 0.05) is 17.4 Å². The highest BCUT2D eigenvalue weighted by molar-refractivity contribution is 9.11. The lowest BCUT2D eigenvalue weighted by atomic mass is 10.1. The van der Waals surface area contributed by atoms with Crippen LogP contribution in [-0.4, -0.2) is 5.78 Å². The van der Waals surface area contributed by atoms with E-state index in [1.54, 1.807) is 11.3 Å². The first-order chi connectivity index (χ1) is 6.74. The summed E-state index contributed by atoms with van der Waals surface area (Å²) in [5.41, 5.74) is 0.860. The zero-order chi connectivity index (χ0) is 10.4. The molecule has 0 amide bonds. The Kier molecular flexibility index (Phi) is 5.41. The van der Waals surface area contributed by atoms with E-state index in [4.69, 9.17) is 0 Å². The van der Waals surface area contributed by atoms with E-state index in [9.17, 15) is 4.79 Å². The Balaban J connectivity index is 2.29. The molecule has 0 fully saturated rings. The van der Waals surface area contributed by atoms with Crippen molar-refractivity contribution in [1.82, 2.24) is 0 Å². The van der Waals surface area contributed by atoms with E-state index in [0.717, 1.165) is 15.8 Å². The smallest absolute Gasteiger partial charge is 0.163 e. The number of carbonyl (C=O) groups excluding carboxylic acids is 1. The highest BCUT2D eigenvalue weighted by Crippen LogP contribution is 2.22. The van der Waals surface area contributed by atoms with E-state index < -0.39 is 0 Å². The molecule has 3 heteroatoms. The predicted molar refractivity (Wildman–Crippen MR) is 65.1 cm³/mol. The van der Waals surface area contributed by atoms with Gasteiger partial charge in [-0.15, -0.1) is 11.3 Å². The van der Waals surface area contributed by atoms with Gasteiger partial charge in [-0.25, -0.2) is 0 Å². The first-order valence-corrected chi connectivity index (χ1v) is 6.68. The van der Waals surface area contributed by atoms with E-state index in [-0.39, 0.29) is 5.78 Å². The highest BCUT2D eigenvalue weighted by Gasteiger charge is 2.06. The van der Waals surface area contributed by atoms with Gasteiger partial charge in [0.15, 0.2) is 5.78 Å². The molecule has 0 radical (unpaired) electrons. The maximum atomic E-state index is 11.6. The Morgan fingerprint density at radius 2 is 2.21 bits per heavy atom. The molecule has 0 aliphatic carbocycles. The Hall–Kier alpha value is -0.150. The number of Topliss-reactive ketones (excluding diaryl/α,β-unsaturated/α-hetero) is 1. The molecule has 1 heterocycles. The van der Waals surface area contributed by atoms with Crippen LogP contribution in [0.15, 0.2) is 15.2 Å². The lowest BCUT2D eigenvalue weighted by Crippen LogP contribution is -1.96. The van der Waals surface area contributed by atoms with Crippen molar-refractivity contribution in [2.75, 3.05) is 0 Å². The molecule has 0 aromatic carbocycles. The summed E-state index contributed by atoms with van der Waals surface area (Å²) in [4.78, 5) is 11.6. The van der Waals surface area contributed by atoms with Crippen molar-refractivity contribution < 1.29 is 4.79 Å². The van der Waals surface area contributed by atoms with Gasteiger partial charge in [0.2, 0.25) is 0 Å². The van der Waals surface area contributed by atoms with Crippen LogP contribution in [0, 0.1) is 0 Å². The Bertz CT molecular complexity index is 293. The second-order valence-electron chi connectivity index (χ2n) is 3.37. The summed E-state index contributed by atoms with van der Waals surface area (Å²) >= 11 is 4.93. The van der Waals surface area contributed by atoms with Crippen LogP contribution >= 0.6 is 27.3 Å². The number of hydrogen-bond acceptors (Lipinski definition) is 2. The highest BCUT2D eigenvalue weighted by atomic mass is 79.9. The topological polar surface area (TPSA) is 17.1 Å². The van der Waals surface area contributed by atoms with Crippen LogP contribution in [0.2, 0.25) is 0 Å². The summed E-state index contributed by atoms with van der Waals surface area (Å²) in [6.07, 6.45) is 5.36. The maximum absolute atomic E-state index is 11.6. The minimum atomic E-state index is 0.281. The Morgan fingerprint density at radius 1 is 1.43 bits per heavy atom. The summed E-state index contributed by atoms with van der Waals surface area (Å²) < 4.78 is 1.04. The lowest BCUT2D eigenvalue weighted by molar-refractivity contribution is 0.0979. The Labute approximate surface area is 97.7 Å². The van der Waals surface area contributed by atoms with Crippen molar-refractivity contribution in [2.24, 2.45) is 0 Å². The normalized spacial score (nSPS) is 10.4. The Morgan fingerprint density at radius 3 is 2.79 bits per heavy atom. The van der Waals surface area contributed by atoms with E-state index >= 15 is 0 Å². The fraction of sp³-hybridized carbons (Fsp3) is 0.545. The van der Waals surface area contributed by atoms with Crippen LogP contribution in [0.1, 0.15) is 49.4 Å². The molecular formula is C11H15BrOS. The third-order valence-electron chi connectivity index (χ3n) is 2.15. The molecule has 0 N–H and O–H groups in total. The van der Waals surface area contributed by atoms with Gasteiger partial charge in [-0.2, -0.15) is 0 Å². The zero-order valence-electron chi connectivity index (χ0n) is 8.38. The van der Waals surface area contributed by atoms with Gasteiger partial charge < -0.3 is 0 Å². The van der Waals surface area contributed by atoms with Gasteiger partial charge in [0.25, 0.3) is 0 Å². The number of halogens is 1. The molecule has 14 heavy (non-hydrogen) atoms. The van der Waals surface area contributed by atoms with Crippen molar-refractivity contribution in [2.45, 2.75) is 39.0 Å². The van der Waals surface area contributed by atoms with Crippen LogP contribution in [-0.2, 0) is 0 Å². The average molecular weight is 275 g/mol. The second-order valence-corrected chi connectivity index (χ2v) is 5.66. The third kappa shape index (κ3) is 3.93. The van der Waals surface area contributed by atoms with Crippen LogP contribution in [0.4, 0.5) is 0 Å². The molecular weight excluding hydrogens is 260 g/mol. The third-order valence-corrected chi connectivity index (χ3v) is 3.65. The van der Waals surface area contributed by atoms with Gasteiger partial charge in [0.05, 0.1) is 3.79 Å². The van der Waals surface area contributed by atoms with Crippen molar-refractivity contribution in [3.05, 3.63) is 20.8 Å². The maximum Gasteiger partial charge on any atom is 0.163 e. The molecule has 1 aromatic rings. The predicted octanol–water partition coefficient (Wildman–Crippen LogP) is 4.66. The number of unbranched alkanes of at least 4 members (excludes halogenated alkanes) is 3. The van der Waals surface area contributed by atoms with Crippen molar-refractivity contribution >= 4 is 33.0 Å². The lowest BCUT2D eigenvalue weighted by Gasteiger charge is -1.97. The minimum Gasteiger partial charge on any atom is -0.294 e. The standard InChI is InChI=1S/C11H15BrOS/c1-2-3-4-5-6-10(13)9-7-11(12)14-8-9/h7-8H,2-6H2,1H3. The fourth-order valence-corrected chi connectivity index (χ4v) is 2.47. The SMILES string of the molecule is CCCCCCC(=O)c1csc(Br)c1. The van der Waals surface area contributed by atoms with Gasteiger partial charge in [-0.3, -0.25) is 4.79 Å². The molecule has 0 saturated carbocycles.